The molecule has 0 fully saturated rings. The third-order valence-electron chi connectivity index (χ3n) is 3.49. The summed E-state index contributed by atoms with van der Waals surface area (Å²) in [5, 5.41) is 0. The molecule has 3 rings (SSSR count). The molecule has 0 aliphatic carbocycles. The standard InChI is InChI=1S/C16H12BBrF2N2O/c1-23-12-6-4-11(5-7-12)16(13-8-9-15(18)21-13)14-3-2-10-22(14)17(19)20/h2-10H,1H3/b16-13+. The average Bonchev–Trinajstić information content (AvgIpc) is 3.18. The number of benzene rings is 1. The van der Waals surface area contributed by atoms with Gasteiger partial charge in [-0.3, -0.25) is 8.63 Å². The molecular weight excluding hydrogens is 365 g/mol. The predicted molar refractivity (Wildman–Crippen MR) is 92.3 cm³/mol. The highest BCUT2D eigenvalue weighted by Crippen LogP contribution is 2.32. The smallest absolute Gasteiger partial charge is 0.497 e. The highest BCUT2D eigenvalue weighted by atomic mass is 79.9. The molecule has 0 saturated carbocycles. The summed E-state index contributed by atoms with van der Waals surface area (Å²) in [4.78, 5) is 4.38. The van der Waals surface area contributed by atoms with Crippen molar-refractivity contribution in [2.45, 2.75) is 0 Å². The average molecular weight is 377 g/mol. The number of hydrogen-bond donors (Lipinski definition) is 0. The molecule has 0 N–H and O–H groups in total. The molecule has 23 heavy (non-hydrogen) atoms. The van der Waals surface area contributed by atoms with Crippen LogP contribution in [0.15, 0.2) is 65.4 Å². The molecule has 0 spiro atoms. The molecule has 2 heterocycles. The van der Waals surface area contributed by atoms with Gasteiger partial charge in [-0.1, -0.05) is 12.1 Å². The molecule has 2 aromatic rings. The predicted octanol–water partition coefficient (Wildman–Crippen LogP) is 4.39. The zero-order valence-corrected chi connectivity index (χ0v) is 13.8. The number of aromatic nitrogens is 1. The van der Waals surface area contributed by atoms with E-state index in [4.69, 9.17) is 4.74 Å². The van der Waals surface area contributed by atoms with Crippen molar-refractivity contribution in [1.29, 1.82) is 0 Å². The van der Waals surface area contributed by atoms with Gasteiger partial charge in [0.25, 0.3) is 0 Å². The Kier molecular flexibility index (Phi) is 4.47. The number of ether oxygens (including phenoxy) is 1. The van der Waals surface area contributed by atoms with E-state index in [-0.39, 0.29) is 0 Å². The van der Waals surface area contributed by atoms with Crippen LogP contribution in [-0.2, 0) is 0 Å². The minimum absolute atomic E-state index is 0.413. The molecule has 1 aliphatic rings. The van der Waals surface area contributed by atoms with Gasteiger partial charge in [-0.15, -0.1) is 0 Å². The Balaban J connectivity index is 2.19. The monoisotopic (exact) mass is 376 g/mol. The third kappa shape index (κ3) is 3.15. The quantitative estimate of drug-likeness (QED) is 0.727. The van der Waals surface area contributed by atoms with Crippen molar-refractivity contribution in [2.24, 2.45) is 4.99 Å². The summed E-state index contributed by atoms with van der Waals surface area (Å²) in [6, 6.07) is 10.5. The van der Waals surface area contributed by atoms with Crippen molar-refractivity contribution >= 4 is 33.5 Å². The lowest BCUT2D eigenvalue weighted by Crippen LogP contribution is -2.15. The summed E-state index contributed by atoms with van der Waals surface area (Å²) in [5.74, 6) is 0.703. The van der Waals surface area contributed by atoms with E-state index in [0.29, 0.717) is 27.3 Å². The van der Waals surface area contributed by atoms with E-state index in [1.807, 2.05) is 12.1 Å². The lowest BCUT2D eigenvalue weighted by molar-refractivity contribution is 0.415. The summed E-state index contributed by atoms with van der Waals surface area (Å²) in [6.45, 7) is 0. The van der Waals surface area contributed by atoms with Gasteiger partial charge < -0.3 is 9.21 Å². The van der Waals surface area contributed by atoms with Crippen LogP contribution in [0.1, 0.15) is 11.3 Å². The second-order valence-corrected chi connectivity index (χ2v) is 5.65. The van der Waals surface area contributed by atoms with Gasteiger partial charge in [0, 0.05) is 11.3 Å². The fraction of sp³-hybridized carbons (Fsp3) is 0.0625. The Morgan fingerprint density at radius 2 is 1.91 bits per heavy atom. The highest BCUT2D eigenvalue weighted by Gasteiger charge is 2.24. The molecule has 0 saturated heterocycles. The molecule has 0 bridgehead atoms. The van der Waals surface area contributed by atoms with E-state index in [9.17, 15) is 8.63 Å². The van der Waals surface area contributed by atoms with Crippen LogP contribution in [0.3, 0.4) is 0 Å². The second kappa shape index (κ2) is 6.54. The van der Waals surface area contributed by atoms with Crippen LogP contribution in [0, 0.1) is 0 Å². The Hall–Kier alpha value is -2.15. The van der Waals surface area contributed by atoms with Gasteiger partial charge >= 0.3 is 7.40 Å². The van der Waals surface area contributed by atoms with Crippen molar-refractivity contribution in [3.05, 3.63) is 71.7 Å². The molecule has 1 aromatic heterocycles. The maximum atomic E-state index is 13.3. The van der Waals surface area contributed by atoms with E-state index in [1.165, 1.54) is 6.20 Å². The number of rotatable bonds is 4. The van der Waals surface area contributed by atoms with E-state index in [2.05, 4.69) is 20.9 Å². The summed E-state index contributed by atoms with van der Waals surface area (Å²) in [7, 11) is -1.04. The van der Waals surface area contributed by atoms with Crippen molar-refractivity contribution in [1.82, 2.24) is 4.48 Å². The van der Waals surface area contributed by atoms with Crippen molar-refractivity contribution in [2.75, 3.05) is 7.11 Å². The first-order chi connectivity index (χ1) is 11.1. The van der Waals surface area contributed by atoms with Crippen molar-refractivity contribution in [3.8, 4) is 5.75 Å². The van der Waals surface area contributed by atoms with E-state index >= 15 is 0 Å². The zero-order valence-electron chi connectivity index (χ0n) is 12.2. The molecule has 1 aromatic carbocycles. The molecular formula is C16H12BBrF2N2O. The lowest BCUT2D eigenvalue weighted by atomic mass is 9.99. The molecule has 3 nitrogen and oxygen atoms in total. The molecule has 0 unspecified atom stereocenters. The SMILES string of the molecule is COc1ccc(/C(=C2/C=CC(Br)=N2)c2cccn2B(F)F)cc1. The summed E-state index contributed by atoms with van der Waals surface area (Å²) in [6.07, 6.45) is 4.95. The molecule has 0 atom stereocenters. The van der Waals surface area contributed by atoms with Crippen molar-refractivity contribution in [3.63, 3.8) is 0 Å². The maximum absolute atomic E-state index is 13.3. The Morgan fingerprint density at radius 1 is 1.17 bits per heavy atom. The Morgan fingerprint density at radius 3 is 2.48 bits per heavy atom. The second-order valence-electron chi connectivity index (χ2n) is 4.83. The largest absolute Gasteiger partial charge is 0.677 e. The fourth-order valence-corrected chi connectivity index (χ4v) is 2.76. The first-order valence-electron chi connectivity index (χ1n) is 6.86. The van der Waals surface area contributed by atoms with Gasteiger partial charge in [0.2, 0.25) is 0 Å². The number of hydrogen-bond acceptors (Lipinski definition) is 2. The molecule has 0 radical (unpaired) electrons. The fourth-order valence-electron chi connectivity index (χ4n) is 2.44. The lowest BCUT2D eigenvalue weighted by Gasteiger charge is -2.13. The van der Waals surface area contributed by atoms with Crippen LogP contribution in [0.4, 0.5) is 8.63 Å². The zero-order chi connectivity index (χ0) is 16.4. The van der Waals surface area contributed by atoms with Gasteiger partial charge in [-0.05, 0) is 64.1 Å². The van der Waals surface area contributed by atoms with Crippen molar-refractivity contribution < 1.29 is 13.4 Å². The van der Waals surface area contributed by atoms with Gasteiger partial charge in [0.1, 0.15) is 10.4 Å². The number of aliphatic imine (C=N–C) groups is 1. The first kappa shape index (κ1) is 15.7. The van der Waals surface area contributed by atoms with E-state index in [1.54, 1.807) is 43.5 Å². The van der Waals surface area contributed by atoms with Crippen LogP contribution < -0.4 is 4.74 Å². The van der Waals surface area contributed by atoms with Gasteiger partial charge in [0.05, 0.1) is 12.8 Å². The minimum Gasteiger partial charge on any atom is -0.497 e. The van der Waals surface area contributed by atoms with Gasteiger partial charge in [0.15, 0.2) is 0 Å². The minimum atomic E-state index is -2.62. The van der Waals surface area contributed by atoms with Crippen LogP contribution in [0.25, 0.3) is 5.57 Å². The van der Waals surface area contributed by atoms with Crippen LogP contribution in [0.2, 0.25) is 0 Å². The summed E-state index contributed by atoms with van der Waals surface area (Å²) >= 11 is 3.31. The molecule has 7 heteroatoms. The molecule has 0 amide bonds. The molecule has 116 valence electrons. The number of nitrogens with zero attached hydrogens (tertiary/aromatic N) is 2. The normalized spacial score (nSPS) is 15.6. The van der Waals surface area contributed by atoms with Crippen LogP contribution in [-0.4, -0.2) is 23.6 Å². The van der Waals surface area contributed by atoms with Crippen LogP contribution >= 0.6 is 15.9 Å². The number of methoxy groups -OCH3 is 1. The van der Waals surface area contributed by atoms with Crippen LogP contribution in [0.5, 0.6) is 5.75 Å². The third-order valence-corrected chi connectivity index (χ3v) is 3.93. The first-order valence-corrected chi connectivity index (χ1v) is 7.66. The topological polar surface area (TPSA) is 26.5 Å². The van der Waals surface area contributed by atoms with E-state index in [0.717, 1.165) is 10.0 Å². The van der Waals surface area contributed by atoms with Gasteiger partial charge in [-0.25, -0.2) is 4.99 Å². The number of halogens is 3. The Bertz CT molecular complexity index is 810. The summed E-state index contributed by atoms with van der Waals surface area (Å²) in [5.41, 5.74) is 2.47. The maximum Gasteiger partial charge on any atom is 0.677 e. The molecule has 1 aliphatic heterocycles. The number of allylic oxidation sites excluding steroid dienone is 2. The van der Waals surface area contributed by atoms with E-state index < -0.39 is 7.40 Å². The van der Waals surface area contributed by atoms with Gasteiger partial charge in [-0.2, -0.15) is 0 Å². The summed E-state index contributed by atoms with van der Waals surface area (Å²) < 4.78 is 33.3. The Labute approximate surface area is 141 Å². The highest BCUT2D eigenvalue weighted by molar-refractivity contribution is 9.18.